The van der Waals surface area contributed by atoms with Crippen LogP contribution in [0.3, 0.4) is 0 Å². The quantitative estimate of drug-likeness (QED) is 0.0760. The molecule has 0 fully saturated rings. The third kappa shape index (κ3) is 9.38. The van der Waals surface area contributed by atoms with Crippen molar-refractivity contribution in [2.75, 3.05) is 0 Å². The zero-order valence-corrected chi connectivity index (χ0v) is 39.3. The molecular weight excluding hydrogens is 803 g/mol. The van der Waals surface area contributed by atoms with Crippen molar-refractivity contribution in [3.05, 3.63) is 149 Å². The topological polar surface area (TPSA) is 38.7 Å². The van der Waals surface area contributed by atoms with Crippen molar-refractivity contribution in [3.63, 3.8) is 0 Å². The van der Waals surface area contributed by atoms with E-state index in [9.17, 15) is 0 Å². The summed E-state index contributed by atoms with van der Waals surface area (Å²) in [6.07, 6.45) is 18.1. The molecule has 0 unspecified atom stereocenters. The molecule has 63 heavy (non-hydrogen) atoms. The van der Waals surface area contributed by atoms with Crippen LogP contribution in [0.5, 0.6) is 0 Å². The molecule has 320 valence electrons. The Hall–Kier alpha value is -5.23. The third-order valence-corrected chi connectivity index (χ3v) is 15.5. The van der Waals surface area contributed by atoms with Crippen molar-refractivity contribution in [1.29, 1.82) is 0 Å². The number of unbranched alkanes of at least 4 members (excludes halogenated alkanes) is 10. The SMILES string of the molecule is CCCCCCCCC1(CCCCCCCC)c2cc(C)ccc2-c2ccc(-c3cc(-c4nc(-c5ccccc5)nc(-c5ccccc5)n4)cc(-c4cc5sc(C)cc5s4)c3)cc21. The molecule has 8 aromatic rings. The van der Waals surface area contributed by atoms with Gasteiger partial charge in [-0.05, 0) is 102 Å². The third-order valence-electron chi connectivity index (χ3n) is 13.3. The molecule has 5 aromatic carbocycles. The summed E-state index contributed by atoms with van der Waals surface area (Å²) in [5.74, 6) is 2.04. The van der Waals surface area contributed by atoms with Gasteiger partial charge >= 0.3 is 0 Å². The van der Waals surface area contributed by atoms with Crippen LogP contribution in [0.25, 0.3) is 76.3 Å². The van der Waals surface area contributed by atoms with E-state index in [1.807, 2.05) is 34.8 Å². The minimum Gasteiger partial charge on any atom is -0.208 e. The van der Waals surface area contributed by atoms with Gasteiger partial charge in [0.15, 0.2) is 17.5 Å². The van der Waals surface area contributed by atoms with E-state index < -0.39 is 0 Å². The average molecular weight is 864 g/mol. The van der Waals surface area contributed by atoms with E-state index in [0.717, 1.165) is 16.7 Å². The first-order valence-electron chi connectivity index (χ1n) is 23.7. The number of hydrogen-bond donors (Lipinski definition) is 0. The number of benzene rings is 5. The van der Waals surface area contributed by atoms with E-state index in [0.29, 0.717) is 17.5 Å². The van der Waals surface area contributed by atoms with Crippen LogP contribution >= 0.6 is 22.7 Å². The standard InChI is InChI=1S/C58H61N3S2/c1-5-7-9-11-13-21-31-58(32-22-14-12-10-8-6-2)50-33-40(3)27-29-48(50)49-30-28-44(38-51(49)58)45-35-46(52-39-54-53(63-52)34-41(4)62-54)37-47(36-45)57-60-55(42-23-17-15-18-24-42)59-56(61-57)43-25-19-16-20-26-43/h15-20,23-30,33-39H,5-14,21-22,31-32H2,1-4H3. The van der Waals surface area contributed by atoms with Gasteiger partial charge in [-0.25, -0.2) is 15.0 Å². The first-order chi connectivity index (χ1) is 30.9. The Morgan fingerprint density at radius 1 is 0.413 bits per heavy atom. The smallest absolute Gasteiger partial charge is 0.164 e. The van der Waals surface area contributed by atoms with Gasteiger partial charge in [-0.15, -0.1) is 22.7 Å². The Kier molecular flexibility index (Phi) is 13.4. The molecule has 0 saturated heterocycles. The van der Waals surface area contributed by atoms with E-state index in [-0.39, 0.29) is 5.41 Å². The summed E-state index contributed by atoms with van der Waals surface area (Å²) >= 11 is 3.76. The molecular formula is C58H61N3S2. The van der Waals surface area contributed by atoms with E-state index >= 15 is 0 Å². The number of nitrogens with zero attached hydrogens (tertiary/aromatic N) is 3. The fraction of sp³-hybridized carbons (Fsp3) is 0.328. The molecule has 0 aliphatic heterocycles. The minimum absolute atomic E-state index is 0.00199. The molecule has 0 radical (unpaired) electrons. The van der Waals surface area contributed by atoms with Crippen molar-refractivity contribution in [2.45, 2.75) is 123 Å². The molecule has 0 amide bonds. The molecule has 1 aliphatic rings. The highest BCUT2D eigenvalue weighted by molar-refractivity contribution is 7.29. The van der Waals surface area contributed by atoms with E-state index in [2.05, 4.69) is 143 Å². The molecule has 0 atom stereocenters. The van der Waals surface area contributed by atoms with Crippen LogP contribution in [-0.2, 0) is 5.41 Å². The first kappa shape index (κ1) is 43.0. The van der Waals surface area contributed by atoms with Gasteiger partial charge in [0.05, 0.1) is 0 Å². The second-order valence-electron chi connectivity index (χ2n) is 18.0. The fourth-order valence-corrected chi connectivity index (χ4v) is 12.3. The Bertz CT molecular complexity index is 2690. The molecule has 9 rings (SSSR count). The van der Waals surface area contributed by atoms with E-state index in [1.165, 1.54) is 148 Å². The van der Waals surface area contributed by atoms with Crippen molar-refractivity contribution in [3.8, 4) is 66.9 Å². The summed E-state index contributed by atoms with van der Waals surface area (Å²) in [4.78, 5) is 18.1. The largest absolute Gasteiger partial charge is 0.208 e. The molecule has 0 saturated carbocycles. The van der Waals surface area contributed by atoms with Gasteiger partial charge in [0.1, 0.15) is 0 Å². The first-order valence-corrected chi connectivity index (χ1v) is 25.3. The lowest BCUT2D eigenvalue weighted by Gasteiger charge is -2.33. The number of aryl methyl sites for hydroxylation is 2. The summed E-state index contributed by atoms with van der Waals surface area (Å²) in [7, 11) is 0. The maximum absolute atomic E-state index is 5.23. The molecule has 3 nitrogen and oxygen atoms in total. The second kappa shape index (κ2) is 19.7. The highest BCUT2D eigenvalue weighted by atomic mass is 32.1. The van der Waals surface area contributed by atoms with Crippen LogP contribution in [0.15, 0.2) is 127 Å². The van der Waals surface area contributed by atoms with Crippen molar-refractivity contribution < 1.29 is 0 Å². The maximum atomic E-state index is 5.23. The molecule has 1 aliphatic carbocycles. The van der Waals surface area contributed by atoms with Gasteiger partial charge in [0.25, 0.3) is 0 Å². The monoisotopic (exact) mass is 863 g/mol. The summed E-state index contributed by atoms with van der Waals surface area (Å²) in [6, 6.07) is 47.1. The molecule has 3 heterocycles. The highest BCUT2D eigenvalue weighted by Gasteiger charge is 2.42. The average Bonchev–Trinajstić information content (AvgIpc) is 3.96. The summed E-state index contributed by atoms with van der Waals surface area (Å²) in [6.45, 7) is 9.12. The molecule has 5 heteroatoms. The van der Waals surface area contributed by atoms with E-state index in [1.54, 1.807) is 5.56 Å². The lowest BCUT2D eigenvalue weighted by Crippen LogP contribution is -2.25. The van der Waals surface area contributed by atoms with Crippen molar-refractivity contribution in [1.82, 2.24) is 15.0 Å². The predicted molar refractivity (Wildman–Crippen MR) is 272 cm³/mol. The minimum atomic E-state index is 0.00199. The zero-order valence-electron chi connectivity index (χ0n) is 37.7. The van der Waals surface area contributed by atoms with Crippen molar-refractivity contribution in [2.24, 2.45) is 0 Å². The second-order valence-corrected chi connectivity index (χ2v) is 20.3. The van der Waals surface area contributed by atoms with Crippen LogP contribution < -0.4 is 0 Å². The van der Waals surface area contributed by atoms with Crippen LogP contribution in [-0.4, -0.2) is 15.0 Å². The van der Waals surface area contributed by atoms with Gasteiger partial charge in [0.2, 0.25) is 0 Å². The van der Waals surface area contributed by atoms with Gasteiger partial charge in [-0.1, -0.05) is 187 Å². The number of hydrogen-bond acceptors (Lipinski definition) is 5. The zero-order chi connectivity index (χ0) is 43.2. The fourth-order valence-electron chi connectivity index (χ4n) is 9.97. The van der Waals surface area contributed by atoms with Crippen molar-refractivity contribution >= 4 is 32.1 Å². The summed E-state index contributed by atoms with van der Waals surface area (Å²) in [5, 5.41) is 0. The lowest BCUT2D eigenvalue weighted by atomic mass is 9.70. The Morgan fingerprint density at radius 2 is 0.921 bits per heavy atom. The lowest BCUT2D eigenvalue weighted by molar-refractivity contribution is 0.398. The van der Waals surface area contributed by atoms with Crippen LogP contribution in [0.4, 0.5) is 0 Å². The van der Waals surface area contributed by atoms with Crippen LogP contribution in [0, 0.1) is 13.8 Å². The molecule has 0 spiro atoms. The van der Waals surface area contributed by atoms with Gasteiger partial charge in [-0.3, -0.25) is 0 Å². The van der Waals surface area contributed by atoms with Crippen LogP contribution in [0.1, 0.15) is 125 Å². The normalized spacial score (nSPS) is 12.8. The molecule has 3 aromatic heterocycles. The van der Waals surface area contributed by atoms with Gasteiger partial charge in [-0.2, -0.15) is 0 Å². The molecule has 0 N–H and O–H groups in total. The maximum Gasteiger partial charge on any atom is 0.164 e. The Morgan fingerprint density at radius 3 is 1.52 bits per heavy atom. The van der Waals surface area contributed by atoms with E-state index in [4.69, 9.17) is 15.0 Å². The number of thiophene rings is 2. The predicted octanol–water partition coefficient (Wildman–Crippen LogP) is 17.9. The Labute approximate surface area is 383 Å². The Balaban J connectivity index is 1.19. The molecule has 0 bridgehead atoms. The van der Waals surface area contributed by atoms with Gasteiger partial charge < -0.3 is 0 Å². The van der Waals surface area contributed by atoms with Crippen LogP contribution in [0.2, 0.25) is 0 Å². The van der Waals surface area contributed by atoms with Gasteiger partial charge in [0, 0.05) is 41.3 Å². The number of rotatable bonds is 19. The highest BCUT2D eigenvalue weighted by Crippen LogP contribution is 2.55. The number of aromatic nitrogens is 3. The summed E-state index contributed by atoms with van der Waals surface area (Å²) in [5.41, 5.74) is 13.9. The summed E-state index contributed by atoms with van der Waals surface area (Å²) < 4.78 is 2.69. The number of fused-ring (bicyclic) bond motifs is 4.